The summed E-state index contributed by atoms with van der Waals surface area (Å²) in [6, 6.07) is 7.99. The van der Waals surface area contributed by atoms with E-state index in [1.807, 2.05) is 12.1 Å². The molecule has 3 heterocycles. The number of aryl methyl sites for hydroxylation is 2. The Labute approximate surface area is 195 Å². The highest BCUT2D eigenvalue weighted by Gasteiger charge is 2.37. The van der Waals surface area contributed by atoms with Gasteiger partial charge in [-0.1, -0.05) is 13.0 Å². The fraction of sp³-hybridized carbons (Fsp3) is 0.560. The van der Waals surface area contributed by atoms with Crippen LogP contribution in [0.3, 0.4) is 0 Å². The van der Waals surface area contributed by atoms with Crippen LogP contribution < -0.4 is 0 Å². The van der Waals surface area contributed by atoms with Crippen LogP contribution in [0.4, 0.5) is 0 Å². The summed E-state index contributed by atoms with van der Waals surface area (Å²) in [6.45, 7) is 3.76. The van der Waals surface area contributed by atoms with Gasteiger partial charge in [0.05, 0.1) is 10.9 Å². The Morgan fingerprint density at radius 1 is 1.03 bits per heavy atom. The van der Waals surface area contributed by atoms with Gasteiger partial charge in [0.1, 0.15) is 0 Å². The zero-order valence-electron chi connectivity index (χ0n) is 18.8. The number of rotatable bonds is 4. The molecular weight excluding hydrogens is 440 g/mol. The van der Waals surface area contributed by atoms with E-state index in [4.69, 9.17) is 0 Å². The highest BCUT2D eigenvalue weighted by molar-refractivity contribution is 7.89. The van der Waals surface area contributed by atoms with Crippen molar-refractivity contribution in [1.29, 1.82) is 0 Å². The number of fused-ring (bicyclic) bond motifs is 2. The highest BCUT2D eigenvalue weighted by atomic mass is 32.2. The van der Waals surface area contributed by atoms with Gasteiger partial charge in [-0.15, -0.1) is 11.3 Å². The second-order valence-electron chi connectivity index (χ2n) is 9.32. The molecule has 1 aromatic carbocycles. The van der Waals surface area contributed by atoms with Gasteiger partial charge in [0.25, 0.3) is 0 Å². The first-order chi connectivity index (χ1) is 15.5. The zero-order chi connectivity index (χ0) is 22.3. The molecule has 1 fully saturated rings. The van der Waals surface area contributed by atoms with Crippen LogP contribution >= 0.6 is 11.3 Å². The van der Waals surface area contributed by atoms with Crippen LogP contribution in [0, 0.1) is 5.92 Å². The largest absolute Gasteiger partial charge is 0.335 e. The predicted octanol–water partition coefficient (Wildman–Crippen LogP) is 4.56. The Bertz CT molecular complexity index is 1100. The van der Waals surface area contributed by atoms with Gasteiger partial charge in [0.15, 0.2) is 0 Å². The molecule has 0 N–H and O–H groups in total. The summed E-state index contributed by atoms with van der Waals surface area (Å²) in [7, 11) is -3.51. The van der Waals surface area contributed by atoms with Crippen LogP contribution in [0.1, 0.15) is 66.6 Å². The summed E-state index contributed by atoms with van der Waals surface area (Å²) in [5.74, 6) is 0.124. The Hall–Kier alpha value is -1.70. The monoisotopic (exact) mass is 472 g/mol. The van der Waals surface area contributed by atoms with Crippen LogP contribution in [-0.4, -0.2) is 43.2 Å². The lowest BCUT2D eigenvalue weighted by Crippen LogP contribution is -2.47. The minimum Gasteiger partial charge on any atom is -0.335 e. The van der Waals surface area contributed by atoms with E-state index in [0.717, 1.165) is 38.6 Å². The topological polar surface area (TPSA) is 57.7 Å². The Morgan fingerprint density at radius 3 is 2.53 bits per heavy atom. The van der Waals surface area contributed by atoms with Crippen molar-refractivity contribution in [3.8, 4) is 0 Å². The molecule has 7 heteroatoms. The maximum absolute atomic E-state index is 13.4. The third-order valence-electron chi connectivity index (χ3n) is 7.53. The van der Waals surface area contributed by atoms with Gasteiger partial charge in [-0.25, -0.2) is 8.42 Å². The molecule has 1 unspecified atom stereocenters. The average molecular weight is 473 g/mol. The molecule has 0 saturated carbocycles. The van der Waals surface area contributed by atoms with Crippen LogP contribution in [0.25, 0.3) is 0 Å². The zero-order valence-corrected chi connectivity index (χ0v) is 20.4. The number of sulfonamides is 1. The molecule has 2 aliphatic heterocycles. The summed E-state index contributed by atoms with van der Waals surface area (Å²) in [5, 5.41) is 2.13. The second kappa shape index (κ2) is 8.92. The normalized spacial score (nSPS) is 22.4. The molecule has 3 aliphatic rings. The summed E-state index contributed by atoms with van der Waals surface area (Å²) >= 11 is 1.79. The van der Waals surface area contributed by atoms with Crippen LogP contribution in [-0.2, 0) is 34.1 Å². The smallest absolute Gasteiger partial charge is 0.243 e. The van der Waals surface area contributed by atoms with Crippen molar-refractivity contribution >= 4 is 27.3 Å². The molecule has 1 atom stereocenters. The lowest BCUT2D eigenvalue weighted by molar-refractivity contribution is -0.139. The van der Waals surface area contributed by atoms with E-state index in [1.54, 1.807) is 21.7 Å². The summed E-state index contributed by atoms with van der Waals surface area (Å²) in [4.78, 5) is 17.3. The van der Waals surface area contributed by atoms with E-state index < -0.39 is 10.0 Å². The molecule has 1 aromatic heterocycles. The van der Waals surface area contributed by atoms with Crippen molar-refractivity contribution in [2.75, 3.05) is 19.6 Å². The van der Waals surface area contributed by atoms with Gasteiger partial charge in [0.2, 0.25) is 15.9 Å². The van der Waals surface area contributed by atoms with Crippen molar-refractivity contribution in [2.45, 2.75) is 69.2 Å². The van der Waals surface area contributed by atoms with Gasteiger partial charge in [-0.2, -0.15) is 4.31 Å². The first kappa shape index (κ1) is 22.1. The fourth-order valence-electron chi connectivity index (χ4n) is 5.70. The van der Waals surface area contributed by atoms with Crippen molar-refractivity contribution in [3.63, 3.8) is 0 Å². The summed E-state index contributed by atoms with van der Waals surface area (Å²) in [5.41, 5.74) is 3.79. The number of thiophene rings is 1. The van der Waals surface area contributed by atoms with E-state index in [9.17, 15) is 13.2 Å². The Balaban J connectivity index is 1.26. The molecule has 0 spiro atoms. The quantitative estimate of drug-likeness (QED) is 0.655. The van der Waals surface area contributed by atoms with Gasteiger partial charge in [-0.05, 0) is 91.6 Å². The Kier molecular flexibility index (Phi) is 6.16. The summed E-state index contributed by atoms with van der Waals surface area (Å²) in [6.07, 6.45) is 7.39. The molecule has 0 bridgehead atoms. The van der Waals surface area contributed by atoms with Crippen molar-refractivity contribution in [2.24, 2.45) is 5.92 Å². The van der Waals surface area contributed by atoms with Crippen molar-refractivity contribution in [3.05, 3.63) is 51.2 Å². The van der Waals surface area contributed by atoms with E-state index in [-0.39, 0.29) is 17.9 Å². The van der Waals surface area contributed by atoms with Gasteiger partial charge in [0, 0.05) is 30.4 Å². The van der Waals surface area contributed by atoms with E-state index in [0.29, 0.717) is 30.8 Å². The molecule has 1 amide bonds. The SMILES string of the molecule is CCC1c2ccsc2CCN1C(=O)C1CCN(S(=O)(=O)c2ccc3c(c2)CCCC3)CC1. The fourth-order valence-corrected chi connectivity index (χ4v) is 8.15. The number of hydrogen-bond donors (Lipinski definition) is 0. The lowest BCUT2D eigenvalue weighted by Gasteiger charge is -2.39. The first-order valence-electron chi connectivity index (χ1n) is 12.0. The van der Waals surface area contributed by atoms with Gasteiger partial charge < -0.3 is 4.90 Å². The molecule has 1 saturated heterocycles. The van der Waals surface area contributed by atoms with Gasteiger partial charge >= 0.3 is 0 Å². The predicted molar refractivity (Wildman–Crippen MR) is 127 cm³/mol. The number of nitrogens with zero attached hydrogens (tertiary/aromatic N) is 2. The Morgan fingerprint density at radius 2 is 1.78 bits per heavy atom. The van der Waals surface area contributed by atoms with Crippen LogP contribution in [0.5, 0.6) is 0 Å². The molecule has 5 nitrogen and oxygen atoms in total. The lowest BCUT2D eigenvalue weighted by atomic mass is 9.92. The van der Waals surface area contributed by atoms with E-state index in [2.05, 4.69) is 23.3 Å². The molecule has 32 heavy (non-hydrogen) atoms. The average Bonchev–Trinajstić information content (AvgIpc) is 3.31. The maximum atomic E-state index is 13.4. The molecular formula is C25H32N2O3S2. The van der Waals surface area contributed by atoms with Crippen molar-refractivity contribution in [1.82, 2.24) is 9.21 Å². The van der Waals surface area contributed by atoms with Gasteiger partial charge in [-0.3, -0.25) is 4.79 Å². The number of carbonyl (C=O) groups excluding carboxylic acids is 1. The number of amides is 1. The molecule has 1 aliphatic carbocycles. The molecule has 172 valence electrons. The first-order valence-corrected chi connectivity index (χ1v) is 14.3. The maximum Gasteiger partial charge on any atom is 0.243 e. The minimum absolute atomic E-state index is 0.0841. The third-order valence-corrected chi connectivity index (χ3v) is 10.4. The molecule has 0 radical (unpaired) electrons. The number of carbonyl (C=O) groups is 1. The van der Waals surface area contributed by atoms with E-state index in [1.165, 1.54) is 28.0 Å². The minimum atomic E-state index is -3.51. The van der Waals surface area contributed by atoms with E-state index >= 15 is 0 Å². The number of hydrogen-bond acceptors (Lipinski definition) is 4. The second-order valence-corrected chi connectivity index (χ2v) is 12.3. The third kappa shape index (κ3) is 3.93. The molecule has 5 rings (SSSR count). The van der Waals surface area contributed by atoms with Crippen LogP contribution in [0.15, 0.2) is 34.5 Å². The number of piperidine rings is 1. The molecule has 2 aromatic rings. The van der Waals surface area contributed by atoms with Crippen LogP contribution in [0.2, 0.25) is 0 Å². The van der Waals surface area contributed by atoms with Crippen molar-refractivity contribution < 1.29 is 13.2 Å². The standard InChI is InChI=1S/C25H32N2O3S2/c1-2-23-22-12-16-31-24(22)11-15-27(23)25(28)19-9-13-26(14-10-19)32(29,30)21-8-7-18-5-3-4-6-20(18)17-21/h7-8,12,16-17,19,23H,2-6,9-11,13-15H2,1H3. The highest BCUT2D eigenvalue weighted by Crippen LogP contribution is 2.37. The number of benzene rings is 1. The summed E-state index contributed by atoms with van der Waals surface area (Å²) < 4.78 is 28.2.